The molecule has 1 aromatic heterocycles. The molecule has 0 aliphatic carbocycles. The van der Waals surface area contributed by atoms with Gasteiger partial charge in [-0.15, -0.1) is 0 Å². The Morgan fingerprint density at radius 1 is 1.43 bits per heavy atom. The van der Waals surface area contributed by atoms with E-state index in [2.05, 4.69) is 33.9 Å². The molecule has 21 heavy (non-hydrogen) atoms. The molecular formula is C14H24N4O2S. The lowest BCUT2D eigenvalue weighted by Gasteiger charge is -2.35. The molecule has 2 heterocycles. The van der Waals surface area contributed by atoms with E-state index in [-0.39, 0.29) is 10.9 Å². The van der Waals surface area contributed by atoms with Gasteiger partial charge in [0.25, 0.3) is 0 Å². The summed E-state index contributed by atoms with van der Waals surface area (Å²) in [6.45, 7) is 5.75. The van der Waals surface area contributed by atoms with E-state index >= 15 is 0 Å². The summed E-state index contributed by atoms with van der Waals surface area (Å²) in [7, 11) is -1.42. The molecule has 0 amide bonds. The number of hydrogen-bond donors (Lipinski definition) is 2. The summed E-state index contributed by atoms with van der Waals surface area (Å²) in [5.74, 6) is 0.685. The molecule has 0 aromatic carbocycles. The number of nitrogens with zero attached hydrogens (tertiary/aromatic N) is 2. The van der Waals surface area contributed by atoms with E-state index in [1.807, 2.05) is 6.92 Å². The fourth-order valence-electron chi connectivity index (χ4n) is 2.51. The largest absolute Gasteiger partial charge is 0.370 e. The highest BCUT2D eigenvalue weighted by Crippen LogP contribution is 2.18. The molecule has 0 bridgehead atoms. The maximum atomic E-state index is 12.4. The number of aromatic nitrogens is 1. The Hall–Kier alpha value is -1.18. The Labute approximate surface area is 127 Å². The van der Waals surface area contributed by atoms with Crippen molar-refractivity contribution in [1.29, 1.82) is 0 Å². The maximum absolute atomic E-state index is 12.4. The van der Waals surface area contributed by atoms with Crippen LogP contribution in [0.5, 0.6) is 0 Å². The van der Waals surface area contributed by atoms with Crippen molar-refractivity contribution in [2.45, 2.75) is 43.7 Å². The molecule has 2 unspecified atom stereocenters. The fraction of sp³-hybridized carbons (Fsp3) is 0.643. The predicted molar refractivity (Wildman–Crippen MR) is 83.8 cm³/mol. The first-order valence-electron chi connectivity index (χ1n) is 7.35. The van der Waals surface area contributed by atoms with Crippen LogP contribution in [0.1, 0.15) is 26.7 Å². The van der Waals surface area contributed by atoms with Crippen LogP contribution in [0.4, 0.5) is 5.82 Å². The fourth-order valence-corrected chi connectivity index (χ4v) is 3.74. The van der Waals surface area contributed by atoms with Crippen LogP contribution in [0.15, 0.2) is 23.2 Å². The zero-order valence-electron chi connectivity index (χ0n) is 12.8. The molecule has 0 spiro atoms. The number of pyridine rings is 1. The van der Waals surface area contributed by atoms with Crippen LogP contribution in [0, 0.1) is 0 Å². The summed E-state index contributed by atoms with van der Waals surface area (Å²) in [6, 6.07) is 3.66. The Balaban J connectivity index is 2.04. The van der Waals surface area contributed by atoms with E-state index in [4.69, 9.17) is 0 Å². The lowest BCUT2D eigenvalue weighted by atomic mass is 10.0. The molecule has 2 N–H and O–H groups in total. The van der Waals surface area contributed by atoms with Crippen molar-refractivity contribution >= 4 is 15.8 Å². The smallest absolute Gasteiger partial charge is 0.242 e. The molecule has 1 aliphatic rings. The standard InChI is InChI=1S/C14H24N4O2S/c1-4-15-14-6-5-13(10-16-14)21(19,20)17-12-7-8-18(3)11(2)9-12/h5-6,10-12,17H,4,7-9H2,1-3H3,(H,15,16). The minimum atomic E-state index is -3.49. The van der Waals surface area contributed by atoms with E-state index in [1.54, 1.807) is 12.1 Å². The zero-order chi connectivity index (χ0) is 15.5. The second-order valence-corrected chi connectivity index (χ2v) is 7.30. The number of nitrogens with one attached hydrogen (secondary N) is 2. The minimum Gasteiger partial charge on any atom is -0.370 e. The Morgan fingerprint density at radius 2 is 2.19 bits per heavy atom. The number of likely N-dealkylation sites (tertiary alicyclic amines) is 1. The number of sulfonamides is 1. The number of rotatable bonds is 5. The van der Waals surface area contributed by atoms with Crippen molar-refractivity contribution in [3.8, 4) is 0 Å². The van der Waals surface area contributed by atoms with Crippen LogP contribution in [0.3, 0.4) is 0 Å². The molecular weight excluding hydrogens is 288 g/mol. The van der Waals surface area contributed by atoms with Crippen LogP contribution in [-0.4, -0.2) is 50.5 Å². The highest BCUT2D eigenvalue weighted by Gasteiger charge is 2.27. The first-order valence-corrected chi connectivity index (χ1v) is 8.83. The summed E-state index contributed by atoms with van der Waals surface area (Å²) in [4.78, 5) is 6.58. The number of anilines is 1. The summed E-state index contributed by atoms with van der Waals surface area (Å²) >= 11 is 0. The van der Waals surface area contributed by atoms with Crippen molar-refractivity contribution < 1.29 is 8.42 Å². The van der Waals surface area contributed by atoms with Gasteiger partial charge in [0.1, 0.15) is 10.7 Å². The van der Waals surface area contributed by atoms with Gasteiger partial charge >= 0.3 is 0 Å². The molecule has 1 aliphatic heterocycles. The lowest BCUT2D eigenvalue weighted by Crippen LogP contribution is -2.47. The van der Waals surface area contributed by atoms with Crippen molar-refractivity contribution in [1.82, 2.24) is 14.6 Å². The van der Waals surface area contributed by atoms with E-state index in [1.165, 1.54) is 6.20 Å². The molecule has 2 atom stereocenters. The van der Waals surface area contributed by atoms with Gasteiger partial charge in [-0.1, -0.05) is 0 Å². The normalized spacial score (nSPS) is 24.0. The second-order valence-electron chi connectivity index (χ2n) is 5.58. The van der Waals surface area contributed by atoms with E-state index < -0.39 is 10.0 Å². The summed E-state index contributed by atoms with van der Waals surface area (Å²) in [5, 5.41) is 3.05. The first-order chi connectivity index (χ1) is 9.92. The Bertz CT molecular complexity index is 559. The third-order valence-corrected chi connectivity index (χ3v) is 5.44. The zero-order valence-corrected chi connectivity index (χ0v) is 13.7. The van der Waals surface area contributed by atoms with Crippen LogP contribution < -0.4 is 10.0 Å². The Morgan fingerprint density at radius 3 is 2.76 bits per heavy atom. The van der Waals surface area contributed by atoms with Crippen LogP contribution in [0.25, 0.3) is 0 Å². The maximum Gasteiger partial charge on any atom is 0.242 e. The summed E-state index contributed by atoms with van der Waals surface area (Å²) < 4.78 is 27.5. The molecule has 118 valence electrons. The quantitative estimate of drug-likeness (QED) is 0.856. The predicted octanol–water partition coefficient (Wildman–Crippen LogP) is 1.27. The Kier molecular flexibility index (Phi) is 5.18. The second kappa shape index (κ2) is 6.72. The van der Waals surface area contributed by atoms with Crippen LogP contribution in [0.2, 0.25) is 0 Å². The molecule has 1 fully saturated rings. The summed E-state index contributed by atoms with van der Waals surface area (Å²) in [5.41, 5.74) is 0. The van der Waals surface area contributed by atoms with Crippen LogP contribution in [-0.2, 0) is 10.0 Å². The molecule has 1 aromatic rings. The third-order valence-electron chi connectivity index (χ3n) is 3.93. The number of piperidine rings is 1. The SMILES string of the molecule is CCNc1ccc(S(=O)(=O)NC2CCN(C)C(C)C2)cn1. The van der Waals surface area contributed by atoms with Crippen molar-refractivity contribution in [2.24, 2.45) is 0 Å². The molecule has 1 saturated heterocycles. The van der Waals surface area contributed by atoms with Crippen LogP contribution >= 0.6 is 0 Å². The van der Waals surface area contributed by atoms with Gasteiger partial charge < -0.3 is 10.2 Å². The van der Waals surface area contributed by atoms with Crippen molar-refractivity contribution in [3.63, 3.8) is 0 Å². The van der Waals surface area contributed by atoms with Gasteiger partial charge in [0.05, 0.1) is 0 Å². The van der Waals surface area contributed by atoms with Gasteiger partial charge in [-0.2, -0.15) is 0 Å². The molecule has 2 rings (SSSR count). The average molecular weight is 312 g/mol. The lowest BCUT2D eigenvalue weighted by molar-refractivity contribution is 0.178. The first kappa shape index (κ1) is 16.2. The third kappa shape index (κ3) is 4.15. The van der Waals surface area contributed by atoms with E-state index in [0.717, 1.165) is 25.9 Å². The highest BCUT2D eigenvalue weighted by atomic mass is 32.2. The average Bonchev–Trinajstić information content (AvgIpc) is 2.44. The van der Waals surface area contributed by atoms with E-state index in [0.29, 0.717) is 11.9 Å². The number of hydrogen-bond acceptors (Lipinski definition) is 5. The van der Waals surface area contributed by atoms with Gasteiger partial charge in [0.15, 0.2) is 0 Å². The van der Waals surface area contributed by atoms with Gasteiger partial charge in [-0.3, -0.25) is 0 Å². The molecule has 7 heteroatoms. The van der Waals surface area contributed by atoms with Crippen molar-refractivity contribution in [3.05, 3.63) is 18.3 Å². The van der Waals surface area contributed by atoms with Gasteiger partial charge in [-0.25, -0.2) is 18.1 Å². The molecule has 0 saturated carbocycles. The minimum absolute atomic E-state index is 0.00496. The van der Waals surface area contributed by atoms with E-state index in [9.17, 15) is 8.42 Å². The van der Waals surface area contributed by atoms with Gasteiger partial charge in [-0.05, 0) is 52.4 Å². The van der Waals surface area contributed by atoms with Gasteiger partial charge in [0.2, 0.25) is 10.0 Å². The van der Waals surface area contributed by atoms with Crippen molar-refractivity contribution in [2.75, 3.05) is 25.5 Å². The monoisotopic (exact) mass is 312 g/mol. The highest BCUT2D eigenvalue weighted by molar-refractivity contribution is 7.89. The topological polar surface area (TPSA) is 74.3 Å². The molecule has 0 radical (unpaired) electrons. The van der Waals surface area contributed by atoms with Gasteiger partial charge in [0, 0.05) is 24.8 Å². The molecule has 6 nitrogen and oxygen atoms in total. The summed E-state index contributed by atoms with van der Waals surface area (Å²) in [6.07, 6.45) is 3.07.